The minimum atomic E-state index is -4.31. The van der Waals surface area contributed by atoms with Crippen molar-refractivity contribution in [1.82, 2.24) is 15.8 Å². The lowest BCUT2D eigenvalue weighted by Crippen LogP contribution is -2.37. The Balaban J connectivity index is 1.28. The molecule has 1 aromatic heterocycles. The van der Waals surface area contributed by atoms with Gasteiger partial charge in [-0.05, 0) is 53.8 Å². The Labute approximate surface area is 235 Å². The Kier molecular flexibility index (Phi) is 7.71. The zero-order chi connectivity index (χ0) is 28.7. The summed E-state index contributed by atoms with van der Waals surface area (Å²) < 4.78 is 44.1. The molecule has 0 radical (unpaired) electrons. The zero-order valence-electron chi connectivity index (χ0n) is 22.7. The van der Waals surface area contributed by atoms with Crippen molar-refractivity contribution in [2.75, 3.05) is 11.9 Å². The number of aliphatic imine (C=N–C) groups is 1. The van der Waals surface area contributed by atoms with E-state index in [4.69, 9.17) is 14.7 Å². The summed E-state index contributed by atoms with van der Waals surface area (Å²) in [5, 5.41) is 3.89. The number of halogens is 3. The molecule has 1 saturated heterocycles. The van der Waals surface area contributed by atoms with Crippen molar-refractivity contribution < 1.29 is 22.7 Å². The Morgan fingerprint density at radius 2 is 1.88 bits per heavy atom. The number of carbonyl (C=O) groups excluding carboxylic acids is 1. The van der Waals surface area contributed by atoms with Crippen LogP contribution in [-0.4, -0.2) is 41.0 Å². The number of benzene rings is 2. The topological polar surface area (TPSA) is 87.6 Å². The van der Waals surface area contributed by atoms with Crippen molar-refractivity contribution in [2.45, 2.75) is 69.6 Å². The van der Waals surface area contributed by atoms with Crippen LogP contribution in [0.4, 0.5) is 18.9 Å². The molecule has 2 aliphatic rings. The summed E-state index contributed by atoms with van der Waals surface area (Å²) in [4.78, 5) is 22.0. The highest BCUT2D eigenvalue weighted by Gasteiger charge is 2.34. The minimum absolute atomic E-state index is 0.0607. The summed E-state index contributed by atoms with van der Waals surface area (Å²) in [6, 6.07) is 14.5. The highest BCUT2D eigenvalue weighted by Crippen LogP contribution is 2.38. The van der Waals surface area contributed by atoms with Crippen LogP contribution in [0.3, 0.4) is 0 Å². The number of anilines is 1. The zero-order valence-corrected chi connectivity index (χ0v) is 23.5. The average molecular weight is 572 g/mol. The van der Waals surface area contributed by atoms with Gasteiger partial charge in [0, 0.05) is 23.9 Å². The maximum atomic E-state index is 12.8. The molecule has 0 spiro atoms. The predicted molar refractivity (Wildman–Crippen MR) is 152 cm³/mol. The standard InChI is InChI=1S/C29H32F3N5O2S/c1-16-10-23(35-24-21(16)13-18(33-15-29(30,31)32)14-22(24)28(2,3)4)25-36-37-27(40-25)34-19-11-20(12-19)39-26(38)17-8-6-5-7-9-17/h5-10,13-14,19-20,25,33,36H,11-12,15H2,1-4H3,(H,34,37). The molecular formula is C29H32F3N5O2S. The number of hydrogen-bond acceptors (Lipinski definition) is 7. The number of hydrogen-bond donors (Lipinski definition) is 3. The number of rotatable bonds is 6. The molecular weight excluding hydrogens is 539 g/mol. The average Bonchev–Trinajstić information content (AvgIpc) is 3.34. The van der Waals surface area contributed by atoms with Crippen LogP contribution in [-0.2, 0) is 10.2 Å². The van der Waals surface area contributed by atoms with E-state index in [1.54, 1.807) is 24.3 Å². The SMILES string of the molecule is Cc1cc(C2NNC(=NC3CC(OC(=O)c4ccccc4)C3)S2)nc2c(C(C)(C)C)cc(NCC(F)(F)F)cc12. The smallest absolute Gasteiger partial charge is 0.405 e. The van der Waals surface area contributed by atoms with Crippen LogP contribution >= 0.6 is 11.8 Å². The van der Waals surface area contributed by atoms with Crippen LogP contribution in [0.2, 0.25) is 0 Å². The fraction of sp³-hybridized carbons (Fsp3) is 0.414. The molecule has 1 aliphatic heterocycles. The number of nitrogens with one attached hydrogen (secondary N) is 3. The second-order valence-corrected chi connectivity index (χ2v) is 12.3. The van der Waals surface area contributed by atoms with Gasteiger partial charge in [0.05, 0.1) is 22.8 Å². The van der Waals surface area contributed by atoms with E-state index in [9.17, 15) is 18.0 Å². The van der Waals surface area contributed by atoms with E-state index in [1.165, 1.54) is 11.8 Å². The maximum Gasteiger partial charge on any atom is 0.405 e. The third-order valence-corrected chi connectivity index (χ3v) is 7.93. The quantitative estimate of drug-likeness (QED) is 0.295. The first kappa shape index (κ1) is 28.2. The van der Waals surface area contributed by atoms with Crippen molar-refractivity contribution in [3.05, 3.63) is 70.9 Å². The van der Waals surface area contributed by atoms with Gasteiger partial charge in [0.25, 0.3) is 0 Å². The summed E-state index contributed by atoms with van der Waals surface area (Å²) in [6.07, 6.45) is -3.11. The maximum absolute atomic E-state index is 12.8. The normalized spacial score (nSPS) is 22.2. The molecule has 11 heteroatoms. The summed E-state index contributed by atoms with van der Waals surface area (Å²) in [5.74, 6) is -0.317. The molecule has 7 nitrogen and oxygen atoms in total. The Morgan fingerprint density at radius 1 is 1.15 bits per heavy atom. The number of aromatic nitrogens is 1. The van der Waals surface area contributed by atoms with Crippen molar-refractivity contribution >= 4 is 39.5 Å². The summed E-state index contributed by atoms with van der Waals surface area (Å²) in [5.41, 5.74) is 10.4. The fourth-order valence-electron chi connectivity index (χ4n) is 4.72. The molecule has 2 aromatic carbocycles. The number of carbonyl (C=O) groups is 1. The molecule has 0 amide bonds. The number of hydrazine groups is 1. The van der Waals surface area contributed by atoms with Gasteiger partial charge in [0.15, 0.2) is 5.17 Å². The van der Waals surface area contributed by atoms with Gasteiger partial charge < -0.3 is 10.1 Å². The molecule has 1 aliphatic carbocycles. The van der Waals surface area contributed by atoms with Crippen molar-refractivity contribution in [3.8, 4) is 0 Å². The fourth-order valence-corrected chi connectivity index (χ4v) is 5.63. The van der Waals surface area contributed by atoms with E-state index < -0.39 is 12.7 Å². The molecule has 2 heterocycles. The second-order valence-electron chi connectivity index (χ2n) is 11.2. The first-order valence-corrected chi connectivity index (χ1v) is 14.0. The second kappa shape index (κ2) is 10.9. The summed E-state index contributed by atoms with van der Waals surface area (Å²) >= 11 is 1.52. The monoisotopic (exact) mass is 571 g/mol. The number of aryl methyl sites for hydroxylation is 1. The molecule has 2 fully saturated rings. The highest BCUT2D eigenvalue weighted by molar-refractivity contribution is 8.14. The van der Waals surface area contributed by atoms with Crippen LogP contribution in [0.25, 0.3) is 10.9 Å². The number of fused-ring (bicyclic) bond motifs is 1. The summed E-state index contributed by atoms with van der Waals surface area (Å²) in [6.45, 7) is 6.92. The van der Waals surface area contributed by atoms with E-state index in [1.807, 2.05) is 52.0 Å². The van der Waals surface area contributed by atoms with E-state index in [-0.39, 0.29) is 28.9 Å². The van der Waals surface area contributed by atoms with Gasteiger partial charge in [-0.3, -0.25) is 10.4 Å². The van der Waals surface area contributed by atoms with Crippen LogP contribution in [0.5, 0.6) is 0 Å². The lowest BCUT2D eigenvalue weighted by Gasteiger charge is -2.32. The van der Waals surface area contributed by atoms with Crippen LogP contribution in [0, 0.1) is 6.92 Å². The van der Waals surface area contributed by atoms with E-state index >= 15 is 0 Å². The van der Waals surface area contributed by atoms with Gasteiger partial charge in [-0.15, -0.1) is 0 Å². The third kappa shape index (κ3) is 6.52. The number of thioether (sulfide) groups is 1. The van der Waals surface area contributed by atoms with Gasteiger partial charge in [0.1, 0.15) is 18.0 Å². The van der Waals surface area contributed by atoms with E-state index in [2.05, 4.69) is 16.2 Å². The minimum Gasteiger partial charge on any atom is -0.459 e. The molecule has 3 N–H and O–H groups in total. The third-order valence-electron chi connectivity index (χ3n) is 6.90. The molecule has 1 atom stereocenters. The number of alkyl halides is 3. The Hall–Kier alpha value is -3.31. The number of ether oxygens (including phenoxy) is 1. The van der Waals surface area contributed by atoms with Crippen LogP contribution < -0.4 is 16.2 Å². The van der Waals surface area contributed by atoms with Gasteiger partial charge >= 0.3 is 12.1 Å². The molecule has 212 valence electrons. The Bertz CT molecular complexity index is 1430. The van der Waals surface area contributed by atoms with Gasteiger partial charge in [-0.25, -0.2) is 15.2 Å². The lowest BCUT2D eigenvalue weighted by molar-refractivity contribution is -0.115. The number of pyridine rings is 1. The predicted octanol–water partition coefficient (Wildman–Crippen LogP) is 6.40. The molecule has 1 unspecified atom stereocenters. The van der Waals surface area contributed by atoms with Gasteiger partial charge in [0.2, 0.25) is 0 Å². The number of esters is 1. The first-order valence-electron chi connectivity index (χ1n) is 13.1. The van der Waals surface area contributed by atoms with Crippen LogP contribution in [0.15, 0.2) is 53.5 Å². The molecule has 40 heavy (non-hydrogen) atoms. The van der Waals surface area contributed by atoms with E-state index in [0.717, 1.165) is 32.9 Å². The number of amidine groups is 1. The van der Waals surface area contributed by atoms with Crippen molar-refractivity contribution in [2.24, 2.45) is 4.99 Å². The lowest BCUT2D eigenvalue weighted by atomic mass is 9.84. The van der Waals surface area contributed by atoms with E-state index in [0.29, 0.717) is 24.1 Å². The molecule has 5 rings (SSSR count). The molecule has 0 bridgehead atoms. The summed E-state index contributed by atoms with van der Waals surface area (Å²) in [7, 11) is 0. The largest absolute Gasteiger partial charge is 0.459 e. The van der Waals surface area contributed by atoms with Crippen LogP contribution in [0.1, 0.15) is 66.2 Å². The first-order chi connectivity index (χ1) is 18.9. The number of nitrogens with zero attached hydrogens (tertiary/aromatic N) is 2. The molecule has 1 saturated carbocycles. The van der Waals surface area contributed by atoms with Gasteiger partial charge in [-0.1, -0.05) is 50.7 Å². The van der Waals surface area contributed by atoms with Gasteiger partial charge in [-0.2, -0.15) is 13.2 Å². The van der Waals surface area contributed by atoms with Crippen molar-refractivity contribution in [1.29, 1.82) is 0 Å². The van der Waals surface area contributed by atoms with Crippen molar-refractivity contribution in [3.63, 3.8) is 0 Å². The Morgan fingerprint density at radius 3 is 2.55 bits per heavy atom. The highest BCUT2D eigenvalue weighted by atomic mass is 32.2. The molecule has 3 aromatic rings.